The number of ether oxygens (including phenoxy) is 1. The molecule has 1 aromatic carbocycles. The standard InChI is InChI=1S/C18H21NO2/c20-18(16-9-5-2-6-10-16)17-14-19(11-12-21-17)13-15-7-3-1-4-8-15/h1,3-5,7-10,17H,2,6,11-14H2. The molecule has 3 nitrogen and oxygen atoms in total. The first kappa shape index (κ1) is 14.2. The number of rotatable bonds is 4. The summed E-state index contributed by atoms with van der Waals surface area (Å²) in [6, 6.07) is 10.4. The average Bonchev–Trinajstić information content (AvgIpc) is 2.56. The number of carbonyl (C=O) groups excluding carboxylic acids is 1. The Morgan fingerprint density at radius 3 is 2.86 bits per heavy atom. The van der Waals surface area contributed by atoms with Crippen LogP contribution in [0.2, 0.25) is 0 Å². The second-order valence-corrected chi connectivity index (χ2v) is 5.58. The summed E-state index contributed by atoms with van der Waals surface area (Å²) in [7, 11) is 0. The van der Waals surface area contributed by atoms with Crippen molar-refractivity contribution in [3.8, 4) is 0 Å². The summed E-state index contributed by atoms with van der Waals surface area (Å²) in [5.41, 5.74) is 2.09. The highest BCUT2D eigenvalue weighted by atomic mass is 16.5. The Balaban J connectivity index is 1.61. The molecule has 0 bridgehead atoms. The van der Waals surface area contributed by atoms with Crippen molar-refractivity contribution in [2.75, 3.05) is 19.7 Å². The van der Waals surface area contributed by atoms with Gasteiger partial charge in [-0.25, -0.2) is 0 Å². The Morgan fingerprint density at radius 1 is 1.24 bits per heavy atom. The number of hydrogen-bond donors (Lipinski definition) is 0. The van der Waals surface area contributed by atoms with E-state index in [9.17, 15) is 4.79 Å². The quantitative estimate of drug-likeness (QED) is 0.851. The molecule has 0 spiro atoms. The lowest BCUT2D eigenvalue weighted by molar-refractivity contribution is -0.132. The number of carbonyl (C=O) groups is 1. The number of allylic oxidation sites excluding steroid dienone is 3. The highest BCUT2D eigenvalue weighted by molar-refractivity contribution is 6.01. The van der Waals surface area contributed by atoms with Crippen molar-refractivity contribution in [3.05, 3.63) is 59.7 Å². The van der Waals surface area contributed by atoms with Crippen molar-refractivity contribution in [2.24, 2.45) is 0 Å². The third-order valence-corrected chi connectivity index (χ3v) is 3.97. The molecule has 110 valence electrons. The minimum Gasteiger partial charge on any atom is -0.367 e. The van der Waals surface area contributed by atoms with Crippen molar-refractivity contribution in [1.82, 2.24) is 4.90 Å². The van der Waals surface area contributed by atoms with Gasteiger partial charge < -0.3 is 4.74 Å². The van der Waals surface area contributed by atoms with Crippen molar-refractivity contribution in [3.63, 3.8) is 0 Å². The van der Waals surface area contributed by atoms with Crippen LogP contribution in [-0.2, 0) is 16.1 Å². The van der Waals surface area contributed by atoms with Crippen LogP contribution in [0.3, 0.4) is 0 Å². The number of morpholine rings is 1. The number of benzene rings is 1. The van der Waals surface area contributed by atoms with Crippen molar-refractivity contribution < 1.29 is 9.53 Å². The normalized spacial score (nSPS) is 22.9. The van der Waals surface area contributed by atoms with E-state index < -0.39 is 0 Å². The van der Waals surface area contributed by atoms with Gasteiger partial charge in [-0.2, -0.15) is 0 Å². The van der Waals surface area contributed by atoms with Crippen LogP contribution in [0.1, 0.15) is 18.4 Å². The van der Waals surface area contributed by atoms with Crippen LogP contribution < -0.4 is 0 Å². The van der Waals surface area contributed by atoms with Crippen LogP contribution in [0.5, 0.6) is 0 Å². The molecule has 21 heavy (non-hydrogen) atoms. The Bertz CT molecular complexity index is 548. The third-order valence-electron chi connectivity index (χ3n) is 3.97. The second kappa shape index (κ2) is 6.83. The molecule has 1 saturated heterocycles. The first-order chi connectivity index (χ1) is 10.3. The van der Waals surface area contributed by atoms with Gasteiger partial charge in [0.05, 0.1) is 6.61 Å². The van der Waals surface area contributed by atoms with Crippen LogP contribution in [0.15, 0.2) is 54.1 Å². The monoisotopic (exact) mass is 283 g/mol. The highest BCUT2D eigenvalue weighted by Gasteiger charge is 2.28. The Morgan fingerprint density at radius 2 is 2.10 bits per heavy atom. The lowest BCUT2D eigenvalue weighted by Crippen LogP contribution is -2.46. The fourth-order valence-electron chi connectivity index (χ4n) is 2.83. The fourth-order valence-corrected chi connectivity index (χ4v) is 2.83. The van der Waals surface area contributed by atoms with Gasteiger partial charge in [-0.3, -0.25) is 9.69 Å². The third kappa shape index (κ3) is 3.69. The summed E-state index contributed by atoms with van der Waals surface area (Å²) in [6.07, 6.45) is 7.70. The van der Waals surface area contributed by atoms with Gasteiger partial charge in [0.2, 0.25) is 0 Å². The summed E-state index contributed by atoms with van der Waals surface area (Å²) in [5, 5.41) is 0. The zero-order chi connectivity index (χ0) is 14.5. The maximum Gasteiger partial charge on any atom is 0.192 e. The maximum atomic E-state index is 12.5. The summed E-state index contributed by atoms with van der Waals surface area (Å²) in [5.74, 6) is 0.128. The molecule has 1 aromatic rings. The molecule has 0 amide bonds. The Kier molecular flexibility index (Phi) is 4.63. The molecule has 0 saturated carbocycles. The highest BCUT2D eigenvalue weighted by Crippen LogP contribution is 2.17. The van der Waals surface area contributed by atoms with Gasteiger partial charge in [-0.05, 0) is 18.4 Å². The van der Waals surface area contributed by atoms with Crippen molar-refractivity contribution in [2.45, 2.75) is 25.5 Å². The smallest absolute Gasteiger partial charge is 0.192 e. The lowest BCUT2D eigenvalue weighted by Gasteiger charge is -2.32. The molecule has 3 heteroatoms. The van der Waals surface area contributed by atoms with E-state index in [1.165, 1.54) is 5.56 Å². The van der Waals surface area contributed by atoms with Gasteiger partial charge in [0, 0.05) is 25.2 Å². The molecule has 1 fully saturated rings. The second-order valence-electron chi connectivity index (χ2n) is 5.58. The molecule has 1 aliphatic heterocycles. The summed E-state index contributed by atoms with van der Waals surface area (Å²) >= 11 is 0. The molecule has 2 aliphatic rings. The molecule has 0 radical (unpaired) electrons. The zero-order valence-corrected chi connectivity index (χ0v) is 12.2. The first-order valence-corrected chi connectivity index (χ1v) is 7.62. The Labute approximate surface area is 125 Å². The van der Waals surface area contributed by atoms with Gasteiger partial charge in [0.25, 0.3) is 0 Å². The van der Waals surface area contributed by atoms with Gasteiger partial charge >= 0.3 is 0 Å². The summed E-state index contributed by atoms with van der Waals surface area (Å²) in [4.78, 5) is 14.8. The van der Waals surface area contributed by atoms with E-state index in [4.69, 9.17) is 4.74 Å². The molecular formula is C18H21NO2. The largest absolute Gasteiger partial charge is 0.367 e. The summed E-state index contributed by atoms with van der Waals surface area (Å²) < 4.78 is 5.69. The molecular weight excluding hydrogens is 262 g/mol. The van der Waals surface area contributed by atoms with E-state index >= 15 is 0 Å². The van der Waals surface area contributed by atoms with Gasteiger partial charge in [-0.1, -0.05) is 48.6 Å². The number of nitrogens with zero attached hydrogens (tertiary/aromatic N) is 1. The van der Waals surface area contributed by atoms with E-state index in [0.29, 0.717) is 13.2 Å². The molecule has 3 rings (SSSR count). The van der Waals surface area contributed by atoms with Crippen LogP contribution in [0, 0.1) is 0 Å². The van der Waals surface area contributed by atoms with Crippen LogP contribution in [-0.4, -0.2) is 36.5 Å². The molecule has 0 aromatic heterocycles. The Hall–Kier alpha value is -1.71. The molecule has 0 N–H and O–H groups in total. The topological polar surface area (TPSA) is 29.5 Å². The van der Waals surface area contributed by atoms with E-state index in [1.807, 2.05) is 18.2 Å². The van der Waals surface area contributed by atoms with E-state index in [2.05, 4.69) is 35.2 Å². The van der Waals surface area contributed by atoms with E-state index in [0.717, 1.165) is 31.5 Å². The van der Waals surface area contributed by atoms with Crippen LogP contribution >= 0.6 is 0 Å². The van der Waals surface area contributed by atoms with Crippen molar-refractivity contribution >= 4 is 5.78 Å². The van der Waals surface area contributed by atoms with Crippen LogP contribution in [0.4, 0.5) is 0 Å². The SMILES string of the molecule is O=C(C1=CCCC=C1)C1CN(Cc2ccccc2)CCO1. The van der Waals surface area contributed by atoms with Gasteiger partial charge in [-0.15, -0.1) is 0 Å². The van der Waals surface area contributed by atoms with Gasteiger partial charge in [0.15, 0.2) is 5.78 Å². The maximum absolute atomic E-state index is 12.5. The zero-order valence-electron chi connectivity index (χ0n) is 12.2. The molecule has 1 heterocycles. The molecule has 1 unspecified atom stereocenters. The predicted molar refractivity (Wildman–Crippen MR) is 82.9 cm³/mol. The van der Waals surface area contributed by atoms with Gasteiger partial charge in [0.1, 0.15) is 6.10 Å². The number of hydrogen-bond acceptors (Lipinski definition) is 3. The number of Topliss-reactive ketones (excluding diaryl/α,β-unsaturated/α-hetero) is 1. The summed E-state index contributed by atoms with van der Waals surface area (Å²) in [6.45, 7) is 3.07. The molecule has 1 aliphatic carbocycles. The minimum atomic E-state index is -0.323. The minimum absolute atomic E-state index is 0.128. The lowest BCUT2D eigenvalue weighted by atomic mass is 9.99. The van der Waals surface area contributed by atoms with E-state index in [-0.39, 0.29) is 11.9 Å². The van der Waals surface area contributed by atoms with Crippen molar-refractivity contribution in [1.29, 1.82) is 0 Å². The van der Waals surface area contributed by atoms with E-state index in [1.54, 1.807) is 0 Å². The molecule has 1 atom stereocenters. The first-order valence-electron chi connectivity index (χ1n) is 7.62. The average molecular weight is 283 g/mol. The fraction of sp³-hybridized carbons (Fsp3) is 0.389. The van der Waals surface area contributed by atoms with Crippen LogP contribution in [0.25, 0.3) is 0 Å². The number of ketones is 1. The predicted octanol–water partition coefficient (Wildman–Crippen LogP) is 2.73.